The largest absolute Gasteiger partial charge is 0.549 e. The lowest BCUT2D eigenvalue weighted by Gasteiger charge is -2.08. The van der Waals surface area contributed by atoms with E-state index < -0.39 is 22.5 Å². The lowest BCUT2D eigenvalue weighted by molar-refractivity contribution is -0.303. The first-order valence-electron chi connectivity index (χ1n) is 3.87. The summed E-state index contributed by atoms with van der Waals surface area (Å²) in [6.45, 7) is -0.729. The van der Waals surface area contributed by atoms with Gasteiger partial charge in [-0.2, -0.15) is 0 Å². The molecule has 0 spiro atoms. The van der Waals surface area contributed by atoms with Crippen molar-refractivity contribution in [1.29, 1.82) is 0 Å². The Hall–Kier alpha value is -0.670. The Morgan fingerprint density at radius 3 is 2.53 bits per heavy atom. The molecule has 82 valence electrons. The summed E-state index contributed by atoms with van der Waals surface area (Å²) in [5.74, 6) is -1.47. The van der Waals surface area contributed by atoms with Crippen LogP contribution in [0.3, 0.4) is 0 Å². The van der Waals surface area contributed by atoms with Gasteiger partial charge in [-0.15, -0.1) is 0 Å². The average Bonchev–Trinajstić information content (AvgIpc) is 2.15. The van der Waals surface area contributed by atoms with Gasteiger partial charge in [0.2, 0.25) is 10.0 Å². The summed E-state index contributed by atoms with van der Waals surface area (Å²) in [4.78, 5) is 10.2. The first-order valence-corrected chi connectivity index (χ1v) is 6.44. The van der Waals surface area contributed by atoms with Crippen molar-refractivity contribution in [2.45, 2.75) is 4.90 Å². The van der Waals surface area contributed by atoms with Crippen LogP contribution >= 0.6 is 22.6 Å². The van der Waals surface area contributed by atoms with Crippen LogP contribution in [0.2, 0.25) is 0 Å². The number of aliphatic carboxylic acids is 1. The van der Waals surface area contributed by atoms with Gasteiger partial charge in [0.15, 0.2) is 0 Å². The quantitative estimate of drug-likeness (QED) is 0.736. The van der Waals surface area contributed by atoms with Crippen molar-refractivity contribution < 1.29 is 18.3 Å². The van der Waals surface area contributed by atoms with Gasteiger partial charge in [0.05, 0.1) is 17.4 Å². The van der Waals surface area contributed by atoms with Crippen LogP contribution in [0.1, 0.15) is 0 Å². The Balaban J connectivity index is 2.97. The van der Waals surface area contributed by atoms with E-state index in [1.54, 1.807) is 18.2 Å². The molecular formula is C8H7INO4S-. The number of carbonyl (C=O) groups is 1. The molecule has 1 N–H and O–H groups in total. The van der Waals surface area contributed by atoms with E-state index in [1.165, 1.54) is 6.07 Å². The van der Waals surface area contributed by atoms with E-state index in [9.17, 15) is 18.3 Å². The van der Waals surface area contributed by atoms with Crippen LogP contribution < -0.4 is 9.83 Å². The van der Waals surface area contributed by atoms with E-state index in [0.29, 0.717) is 3.57 Å². The van der Waals surface area contributed by atoms with Gasteiger partial charge in [-0.1, -0.05) is 12.1 Å². The molecule has 0 saturated heterocycles. The first-order chi connectivity index (χ1) is 6.93. The van der Waals surface area contributed by atoms with Gasteiger partial charge < -0.3 is 9.90 Å². The Labute approximate surface area is 101 Å². The van der Waals surface area contributed by atoms with Crippen LogP contribution in [0.4, 0.5) is 0 Å². The topological polar surface area (TPSA) is 86.3 Å². The number of hydrogen-bond acceptors (Lipinski definition) is 4. The van der Waals surface area contributed by atoms with Crippen molar-refractivity contribution in [3.8, 4) is 0 Å². The fourth-order valence-electron chi connectivity index (χ4n) is 0.894. The molecule has 0 saturated carbocycles. The fraction of sp³-hybridized carbons (Fsp3) is 0.125. The van der Waals surface area contributed by atoms with E-state index in [4.69, 9.17) is 0 Å². The molecule has 5 nitrogen and oxygen atoms in total. The minimum Gasteiger partial charge on any atom is -0.549 e. The maximum absolute atomic E-state index is 11.6. The lowest BCUT2D eigenvalue weighted by atomic mass is 10.4. The van der Waals surface area contributed by atoms with Crippen molar-refractivity contribution in [3.63, 3.8) is 0 Å². The molecular weight excluding hydrogens is 333 g/mol. The minimum atomic E-state index is -3.76. The standard InChI is InChI=1S/C8H8INO4S/c9-6-3-1-2-4-7(6)15(13,14)10-5-8(11)12/h1-4,10H,5H2,(H,11,12)/p-1. The predicted molar refractivity (Wildman–Crippen MR) is 59.4 cm³/mol. The van der Waals surface area contributed by atoms with Crippen LogP contribution in [0.25, 0.3) is 0 Å². The molecule has 0 aromatic heterocycles. The van der Waals surface area contributed by atoms with Gasteiger partial charge in [0, 0.05) is 3.57 Å². The Kier molecular flexibility index (Phi) is 4.05. The highest BCUT2D eigenvalue weighted by atomic mass is 127. The van der Waals surface area contributed by atoms with Crippen molar-refractivity contribution in [2.75, 3.05) is 6.54 Å². The number of halogens is 1. The van der Waals surface area contributed by atoms with E-state index in [2.05, 4.69) is 0 Å². The molecule has 0 radical (unpaired) electrons. The molecule has 0 heterocycles. The number of hydrogen-bond donors (Lipinski definition) is 1. The van der Waals surface area contributed by atoms with Crippen LogP contribution in [-0.4, -0.2) is 20.9 Å². The number of benzene rings is 1. The molecule has 0 aliphatic carbocycles. The summed E-state index contributed by atoms with van der Waals surface area (Å²) in [6.07, 6.45) is 0. The molecule has 0 bridgehead atoms. The number of carbonyl (C=O) groups excluding carboxylic acids is 1. The van der Waals surface area contributed by atoms with Crippen LogP contribution in [0, 0.1) is 3.57 Å². The van der Waals surface area contributed by atoms with Crippen LogP contribution in [0.15, 0.2) is 29.2 Å². The zero-order chi connectivity index (χ0) is 11.5. The van der Waals surface area contributed by atoms with Crippen molar-refractivity contribution in [3.05, 3.63) is 27.8 Å². The second-order valence-electron chi connectivity index (χ2n) is 2.63. The van der Waals surface area contributed by atoms with Crippen molar-refractivity contribution >= 4 is 38.6 Å². The molecule has 1 aromatic rings. The minimum absolute atomic E-state index is 0.0619. The van der Waals surface area contributed by atoms with Gasteiger partial charge in [0.25, 0.3) is 0 Å². The maximum atomic E-state index is 11.6. The second kappa shape index (κ2) is 4.90. The normalized spacial score (nSPS) is 11.3. The highest BCUT2D eigenvalue weighted by Gasteiger charge is 2.15. The third kappa shape index (κ3) is 3.43. The smallest absolute Gasteiger partial charge is 0.241 e. The Bertz CT molecular complexity index is 471. The molecule has 0 amide bonds. The van der Waals surface area contributed by atoms with Crippen LogP contribution in [0.5, 0.6) is 0 Å². The number of carboxylic acid groups (broad SMARTS) is 1. The number of nitrogens with one attached hydrogen (secondary N) is 1. The number of rotatable bonds is 4. The van der Waals surface area contributed by atoms with Gasteiger partial charge >= 0.3 is 0 Å². The Morgan fingerprint density at radius 2 is 2.00 bits per heavy atom. The van der Waals surface area contributed by atoms with E-state index in [-0.39, 0.29) is 4.90 Å². The molecule has 0 aliphatic heterocycles. The van der Waals surface area contributed by atoms with Gasteiger partial charge in [-0.3, -0.25) is 0 Å². The molecule has 15 heavy (non-hydrogen) atoms. The Morgan fingerprint density at radius 1 is 1.40 bits per heavy atom. The summed E-state index contributed by atoms with van der Waals surface area (Å²) in [7, 11) is -3.76. The van der Waals surface area contributed by atoms with Gasteiger partial charge in [-0.05, 0) is 34.7 Å². The lowest BCUT2D eigenvalue weighted by Crippen LogP contribution is -2.37. The summed E-state index contributed by atoms with van der Waals surface area (Å²) in [6, 6.07) is 6.28. The first kappa shape index (κ1) is 12.4. The molecule has 0 atom stereocenters. The molecule has 1 rings (SSSR count). The monoisotopic (exact) mass is 340 g/mol. The van der Waals surface area contributed by atoms with Crippen LogP contribution in [-0.2, 0) is 14.8 Å². The van der Waals surface area contributed by atoms with Crippen molar-refractivity contribution in [1.82, 2.24) is 4.72 Å². The average molecular weight is 340 g/mol. The summed E-state index contributed by atoms with van der Waals surface area (Å²) in [5.41, 5.74) is 0. The highest BCUT2D eigenvalue weighted by Crippen LogP contribution is 2.16. The van der Waals surface area contributed by atoms with E-state index in [1.807, 2.05) is 27.3 Å². The fourth-order valence-corrected chi connectivity index (χ4v) is 3.20. The number of sulfonamides is 1. The molecule has 0 unspecified atom stereocenters. The zero-order valence-electron chi connectivity index (χ0n) is 7.44. The summed E-state index contributed by atoms with van der Waals surface area (Å²) in [5, 5.41) is 10.1. The zero-order valence-corrected chi connectivity index (χ0v) is 10.4. The van der Waals surface area contributed by atoms with E-state index in [0.717, 1.165) is 0 Å². The van der Waals surface area contributed by atoms with E-state index >= 15 is 0 Å². The third-order valence-electron chi connectivity index (χ3n) is 1.53. The molecule has 7 heteroatoms. The third-order valence-corrected chi connectivity index (χ3v) is 4.30. The predicted octanol–water partition coefficient (Wildman–Crippen LogP) is -0.681. The summed E-state index contributed by atoms with van der Waals surface area (Å²) >= 11 is 1.86. The number of carboxylic acids is 1. The molecule has 1 aromatic carbocycles. The van der Waals surface area contributed by atoms with Crippen molar-refractivity contribution in [2.24, 2.45) is 0 Å². The SMILES string of the molecule is O=C([O-])CNS(=O)(=O)c1ccccc1I. The maximum Gasteiger partial charge on any atom is 0.241 e. The second-order valence-corrected chi connectivity index (χ2v) is 5.52. The summed E-state index contributed by atoms with van der Waals surface area (Å²) < 4.78 is 25.6. The highest BCUT2D eigenvalue weighted by molar-refractivity contribution is 14.1. The van der Waals surface area contributed by atoms with Gasteiger partial charge in [-0.25, -0.2) is 13.1 Å². The molecule has 0 aliphatic rings. The van der Waals surface area contributed by atoms with Gasteiger partial charge in [0.1, 0.15) is 0 Å². The molecule has 0 fully saturated rings.